The number of aryl methyl sites for hydroxylation is 1. The van der Waals surface area contributed by atoms with Crippen molar-refractivity contribution in [3.63, 3.8) is 0 Å². The maximum Gasteiger partial charge on any atom is 0.341 e. The molecule has 2 aromatic carbocycles. The Bertz CT molecular complexity index is 802. The summed E-state index contributed by atoms with van der Waals surface area (Å²) >= 11 is 0. The topological polar surface area (TPSA) is 84.9 Å². The molecule has 2 aromatic rings. The van der Waals surface area contributed by atoms with E-state index in [-0.39, 0.29) is 11.7 Å². The van der Waals surface area contributed by atoms with E-state index >= 15 is 0 Å². The maximum atomic E-state index is 13.0. The van der Waals surface area contributed by atoms with E-state index in [1.54, 1.807) is 39.0 Å². The van der Waals surface area contributed by atoms with Crippen LogP contribution >= 0.6 is 0 Å². The van der Waals surface area contributed by atoms with Crippen LogP contribution in [0.15, 0.2) is 42.5 Å². The van der Waals surface area contributed by atoms with Gasteiger partial charge in [0, 0.05) is 5.69 Å². The first kappa shape index (κ1) is 19.2. The van der Waals surface area contributed by atoms with Crippen molar-refractivity contribution in [1.82, 2.24) is 0 Å². The number of anilines is 1. The van der Waals surface area contributed by atoms with Crippen molar-refractivity contribution in [3.8, 4) is 11.5 Å². The lowest BCUT2D eigenvalue weighted by molar-refractivity contribution is -0.139. The van der Waals surface area contributed by atoms with E-state index < -0.39 is 18.2 Å². The molecule has 0 spiro atoms. The van der Waals surface area contributed by atoms with Gasteiger partial charge in [0.2, 0.25) is 0 Å². The zero-order valence-electron chi connectivity index (χ0n) is 14.7. The molecule has 2 N–H and O–H groups in total. The van der Waals surface area contributed by atoms with Crippen molar-refractivity contribution in [2.24, 2.45) is 0 Å². The molecule has 0 bridgehead atoms. The van der Waals surface area contributed by atoms with Crippen LogP contribution in [0.1, 0.15) is 19.4 Å². The molecule has 0 radical (unpaired) electrons. The first-order chi connectivity index (χ1) is 12.2. The lowest BCUT2D eigenvalue weighted by Crippen LogP contribution is -2.42. The molecular formula is C19H20FNO5. The first-order valence-electron chi connectivity index (χ1n) is 7.88. The second-order valence-electron chi connectivity index (χ2n) is 6.18. The van der Waals surface area contributed by atoms with Crippen molar-refractivity contribution < 1.29 is 28.6 Å². The molecule has 6 nitrogen and oxygen atoms in total. The van der Waals surface area contributed by atoms with Crippen molar-refractivity contribution in [1.29, 1.82) is 0 Å². The van der Waals surface area contributed by atoms with Crippen LogP contribution in [-0.4, -0.2) is 29.2 Å². The quantitative estimate of drug-likeness (QED) is 0.790. The predicted molar refractivity (Wildman–Crippen MR) is 94.0 cm³/mol. The fourth-order valence-electron chi connectivity index (χ4n) is 2.13. The van der Waals surface area contributed by atoms with Crippen LogP contribution in [0.5, 0.6) is 11.5 Å². The van der Waals surface area contributed by atoms with E-state index in [9.17, 15) is 14.0 Å². The minimum absolute atomic E-state index is 0.376. The van der Waals surface area contributed by atoms with Gasteiger partial charge in [-0.2, -0.15) is 0 Å². The van der Waals surface area contributed by atoms with Crippen LogP contribution in [0.2, 0.25) is 0 Å². The van der Waals surface area contributed by atoms with Gasteiger partial charge in [0.15, 0.2) is 12.2 Å². The first-order valence-corrected chi connectivity index (χ1v) is 7.88. The van der Waals surface area contributed by atoms with Gasteiger partial charge < -0.3 is 19.9 Å². The fourth-order valence-corrected chi connectivity index (χ4v) is 2.13. The number of ether oxygens (including phenoxy) is 2. The minimum Gasteiger partial charge on any atom is -0.482 e. The number of nitrogens with one attached hydrogen (secondary N) is 1. The Morgan fingerprint density at radius 3 is 2.31 bits per heavy atom. The summed E-state index contributed by atoms with van der Waals surface area (Å²) < 4.78 is 23.7. The Hall–Kier alpha value is -3.09. The van der Waals surface area contributed by atoms with E-state index in [0.717, 1.165) is 0 Å². The summed E-state index contributed by atoms with van der Waals surface area (Å²) in [6.45, 7) is 4.53. The summed E-state index contributed by atoms with van der Waals surface area (Å²) in [4.78, 5) is 23.1. The number of rotatable bonds is 7. The summed E-state index contributed by atoms with van der Waals surface area (Å²) in [5, 5.41) is 11.4. The van der Waals surface area contributed by atoms with Gasteiger partial charge >= 0.3 is 5.97 Å². The summed E-state index contributed by atoms with van der Waals surface area (Å²) in [5.41, 5.74) is 0.0650. The molecule has 0 heterocycles. The zero-order chi connectivity index (χ0) is 19.3. The summed E-state index contributed by atoms with van der Waals surface area (Å²) in [7, 11) is 0. The van der Waals surface area contributed by atoms with Gasteiger partial charge in [0.05, 0.1) is 0 Å². The number of carbonyl (C=O) groups excluding carboxylic acids is 1. The van der Waals surface area contributed by atoms with E-state index in [0.29, 0.717) is 22.7 Å². The molecule has 0 atom stereocenters. The number of hydrogen-bond acceptors (Lipinski definition) is 4. The number of halogens is 1. The highest BCUT2D eigenvalue weighted by Gasteiger charge is 2.30. The van der Waals surface area contributed by atoms with Gasteiger partial charge in [0.1, 0.15) is 17.3 Å². The Morgan fingerprint density at radius 1 is 1.12 bits per heavy atom. The van der Waals surface area contributed by atoms with E-state index in [4.69, 9.17) is 14.6 Å². The third-order valence-electron chi connectivity index (χ3n) is 3.54. The summed E-state index contributed by atoms with van der Waals surface area (Å²) in [6, 6.07) is 10.2. The van der Waals surface area contributed by atoms with Gasteiger partial charge in [-0.05, 0) is 68.8 Å². The smallest absolute Gasteiger partial charge is 0.341 e. The lowest BCUT2D eigenvalue weighted by Gasteiger charge is -2.25. The molecule has 2 rings (SSSR count). The van der Waals surface area contributed by atoms with Gasteiger partial charge in [-0.1, -0.05) is 0 Å². The molecule has 0 saturated carbocycles. The number of hydrogen-bond donors (Lipinski definition) is 2. The van der Waals surface area contributed by atoms with E-state index in [2.05, 4.69) is 5.32 Å². The number of carboxylic acid groups (broad SMARTS) is 1. The number of carboxylic acids is 1. The molecule has 1 amide bonds. The molecule has 26 heavy (non-hydrogen) atoms. The molecule has 0 aliphatic rings. The Kier molecular flexibility index (Phi) is 5.82. The second kappa shape index (κ2) is 7.86. The zero-order valence-corrected chi connectivity index (χ0v) is 14.7. The number of benzene rings is 2. The van der Waals surface area contributed by atoms with Gasteiger partial charge in [-0.25, -0.2) is 9.18 Å². The van der Waals surface area contributed by atoms with Gasteiger partial charge in [-0.15, -0.1) is 0 Å². The highest BCUT2D eigenvalue weighted by atomic mass is 19.1. The third kappa shape index (κ3) is 5.20. The molecule has 0 aliphatic heterocycles. The fraction of sp³-hybridized carbons (Fsp3) is 0.263. The molecular weight excluding hydrogens is 341 g/mol. The largest absolute Gasteiger partial charge is 0.482 e. The van der Waals surface area contributed by atoms with Crippen LogP contribution in [0.3, 0.4) is 0 Å². The lowest BCUT2D eigenvalue weighted by atomic mass is 10.1. The van der Waals surface area contributed by atoms with Crippen molar-refractivity contribution >= 4 is 17.6 Å². The van der Waals surface area contributed by atoms with Crippen LogP contribution in [0.4, 0.5) is 10.1 Å². The Labute approximate surface area is 150 Å². The molecule has 0 unspecified atom stereocenters. The monoisotopic (exact) mass is 361 g/mol. The maximum absolute atomic E-state index is 13.0. The van der Waals surface area contributed by atoms with Gasteiger partial charge in [0.25, 0.3) is 5.91 Å². The van der Waals surface area contributed by atoms with Crippen LogP contribution in [0.25, 0.3) is 0 Å². The highest BCUT2D eigenvalue weighted by molar-refractivity contribution is 5.97. The molecule has 0 aliphatic carbocycles. The predicted octanol–water partition coefficient (Wildman–Crippen LogP) is 3.39. The molecule has 7 heteroatoms. The standard InChI is InChI=1S/C19H20FNO5/c1-12-10-15(25-11-17(22)23)8-9-16(12)21-18(24)19(2,3)26-14-6-4-13(20)5-7-14/h4-10H,11H2,1-3H3,(H,21,24)(H,22,23). The van der Waals surface area contributed by atoms with Gasteiger partial charge in [-0.3, -0.25) is 4.79 Å². The average Bonchev–Trinajstić information content (AvgIpc) is 2.57. The van der Waals surface area contributed by atoms with Crippen molar-refractivity contribution in [3.05, 3.63) is 53.8 Å². The average molecular weight is 361 g/mol. The van der Waals surface area contributed by atoms with E-state index in [1.165, 1.54) is 24.3 Å². The molecule has 138 valence electrons. The van der Waals surface area contributed by atoms with Crippen molar-refractivity contribution in [2.45, 2.75) is 26.4 Å². The summed E-state index contributed by atoms with van der Waals surface area (Å²) in [6.07, 6.45) is 0. The molecule has 0 fully saturated rings. The number of aliphatic carboxylic acids is 1. The van der Waals surface area contributed by atoms with E-state index in [1.807, 2.05) is 0 Å². The summed E-state index contributed by atoms with van der Waals surface area (Å²) in [5.74, 6) is -1.07. The van der Waals surface area contributed by atoms with Crippen LogP contribution < -0.4 is 14.8 Å². The number of carbonyl (C=O) groups is 2. The third-order valence-corrected chi connectivity index (χ3v) is 3.54. The Balaban J connectivity index is 2.05. The number of amides is 1. The van der Waals surface area contributed by atoms with Crippen molar-refractivity contribution in [2.75, 3.05) is 11.9 Å². The molecule has 0 aromatic heterocycles. The second-order valence-corrected chi connectivity index (χ2v) is 6.18. The van der Waals surface area contributed by atoms with Crippen LogP contribution in [0, 0.1) is 12.7 Å². The minimum atomic E-state index is -1.19. The highest BCUT2D eigenvalue weighted by Crippen LogP contribution is 2.24. The SMILES string of the molecule is Cc1cc(OCC(=O)O)ccc1NC(=O)C(C)(C)Oc1ccc(F)cc1. The normalized spacial score (nSPS) is 10.9. The Morgan fingerprint density at radius 2 is 1.73 bits per heavy atom. The molecule has 0 saturated heterocycles. The van der Waals surface area contributed by atoms with Crippen LogP contribution in [-0.2, 0) is 9.59 Å².